The zero-order valence-electron chi connectivity index (χ0n) is 12.6. The van der Waals surface area contributed by atoms with E-state index in [1.54, 1.807) is 0 Å². The van der Waals surface area contributed by atoms with Crippen molar-refractivity contribution in [3.8, 4) is 0 Å². The molecular formula is C16H25FIN3. The van der Waals surface area contributed by atoms with E-state index in [0.717, 1.165) is 43.5 Å². The van der Waals surface area contributed by atoms with E-state index < -0.39 is 0 Å². The van der Waals surface area contributed by atoms with Gasteiger partial charge in [0.2, 0.25) is 0 Å². The summed E-state index contributed by atoms with van der Waals surface area (Å²) in [5.74, 6) is 1.62. The summed E-state index contributed by atoms with van der Waals surface area (Å²) in [5.41, 5.74) is 1.13. The van der Waals surface area contributed by atoms with Gasteiger partial charge in [0.25, 0.3) is 0 Å². The lowest BCUT2D eigenvalue weighted by atomic mass is 10.1. The SMILES string of the molecule is CCNC(=NCCC1CC1)NCCc1ccc(F)cc1.I. The number of nitrogens with zero attached hydrogens (tertiary/aromatic N) is 1. The second-order valence-electron chi connectivity index (χ2n) is 5.30. The van der Waals surface area contributed by atoms with Crippen LogP contribution in [0.5, 0.6) is 0 Å². The highest BCUT2D eigenvalue weighted by Crippen LogP contribution is 2.32. The third-order valence-corrected chi connectivity index (χ3v) is 3.47. The third-order valence-electron chi connectivity index (χ3n) is 3.47. The molecule has 0 heterocycles. The van der Waals surface area contributed by atoms with Crippen molar-refractivity contribution in [3.63, 3.8) is 0 Å². The first-order valence-corrected chi connectivity index (χ1v) is 7.54. The fourth-order valence-corrected chi connectivity index (χ4v) is 2.08. The topological polar surface area (TPSA) is 36.4 Å². The smallest absolute Gasteiger partial charge is 0.191 e. The monoisotopic (exact) mass is 405 g/mol. The number of guanidine groups is 1. The van der Waals surface area contributed by atoms with Crippen molar-refractivity contribution in [2.75, 3.05) is 19.6 Å². The summed E-state index contributed by atoms with van der Waals surface area (Å²) in [4.78, 5) is 4.57. The van der Waals surface area contributed by atoms with Crippen LogP contribution in [-0.4, -0.2) is 25.6 Å². The minimum absolute atomic E-state index is 0. The molecule has 1 aliphatic rings. The summed E-state index contributed by atoms with van der Waals surface area (Å²) >= 11 is 0. The predicted octanol–water partition coefficient (Wildman–Crippen LogP) is 3.34. The molecule has 0 unspecified atom stereocenters. The normalized spacial score (nSPS) is 14.5. The van der Waals surface area contributed by atoms with Gasteiger partial charge in [-0.2, -0.15) is 0 Å². The second-order valence-corrected chi connectivity index (χ2v) is 5.30. The van der Waals surface area contributed by atoms with Crippen LogP contribution in [0.25, 0.3) is 0 Å². The van der Waals surface area contributed by atoms with Crippen LogP contribution in [0.2, 0.25) is 0 Å². The van der Waals surface area contributed by atoms with E-state index in [-0.39, 0.29) is 29.8 Å². The Kier molecular flexibility index (Phi) is 8.64. The number of rotatable bonds is 7. The minimum Gasteiger partial charge on any atom is -0.357 e. The molecular weight excluding hydrogens is 380 g/mol. The van der Waals surface area contributed by atoms with Crippen LogP contribution < -0.4 is 10.6 Å². The van der Waals surface area contributed by atoms with Crippen molar-refractivity contribution >= 4 is 29.9 Å². The molecule has 2 N–H and O–H groups in total. The van der Waals surface area contributed by atoms with Crippen molar-refractivity contribution in [1.82, 2.24) is 10.6 Å². The molecule has 0 amide bonds. The fourth-order valence-electron chi connectivity index (χ4n) is 2.08. The first-order valence-electron chi connectivity index (χ1n) is 7.54. The highest BCUT2D eigenvalue weighted by molar-refractivity contribution is 14.0. The van der Waals surface area contributed by atoms with Gasteiger partial charge < -0.3 is 10.6 Å². The Hall–Kier alpha value is -0.850. The number of aliphatic imine (C=N–C) groups is 1. The molecule has 3 nitrogen and oxygen atoms in total. The van der Waals surface area contributed by atoms with Crippen LogP contribution in [0, 0.1) is 11.7 Å². The molecule has 0 radical (unpaired) electrons. The average Bonchev–Trinajstić information content (AvgIpc) is 3.25. The summed E-state index contributed by atoms with van der Waals surface area (Å²) < 4.78 is 12.8. The van der Waals surface area contributed by atoms with Crippen LogP contribution in [-0.2, 0) is 6.42 Å². The number of halogens is 2. The fraction of sp³-hybridized carbons (Fsp3) is 0.562. The third kappa shape index (κ3) is 7.64. The van der Waals surface area contributed by atoms with Crippen LogP contribution in [0.3, 0.4) is 0 Å². The van der Waals surface area contributed by atoms with Gasteiger partial charge in [-0.25, -0.2) is 4.39 Å². The Bertz CT molecular complexity index is 430. The van der Waals surface area contributed by atoms with Crippen molar-refractivity contribution in [1.29, 1.82) is 0 Å². The average molecular weight is 405 g/mol. The summed E-state index contributed by atoms with van der Waals surface area (Å²) in [6, 6.07) is 6.66. The van der Waals surface area contributed by atoms with Crippen molar-refractivity contribution in [2.45, 2.75) is 32.6 Å². The molecule has 118 valence electrons. The van der Waals surface area contributed by atoms with E-state index in [9.17, 15) is 4.39 Å². The molecule has 0 aliphatic heterocycles. The van der Waals surface area contributed by atoms with Gasteiger partial charge >= 0.3 is 0 Å². The van der Waals surface area contributed by atoms with E-state index in [1.165, 1.54) is 31.4 Å². The molecule has 1 aliphatic carbocycles. The zero-order chi connectivity index (χ0) is 14.2. The molecule has 1 saturated carbocycles. The van der Waals surface area contributed by atoms with Gasteiger partial charge in [-0.05, 0) is 43.4 Å². The largest absolute Gasteiger partial charge is 0.357 e. The van der Waals surface area contributed by atoms with Crippen LogP contribution in [0.4, 0.5) is 4.39 Å². The summed E-state index contributed by atoms with van der Waals surface area (Å²) in [6.45, 7) is 4.64. The van der Waals surface area contributed by atoms with E-state index in [0.29, 0.717) is 0 Å². The van der Waals surface area contributed by atoms with Gasteiger partial charge in [0.05, 0.1) is 0 Å². The molecule has 21 heavy (non-hydrogen) atoms. The van der Waals surface area contributed by atoms with Gasteiger partial charge in [0.1, 0.15) is 5.82 Å². The van der Waals surface area contributed by atoms with Crippen molar-refractivity contribution in [2.24, 2.45) is 10.9 Å². The number of nitrogens with one attached hydrogen (secondary N) is 2. The van der Waals surface area contributed by atoms with Gasteiger partial charge in [-0.3, -0.25) is 4.99 Å². The Morgan fingerprint density at radius 2 is 1.95 bits per heavy atom. The quantitative estimate of drug-likeness (QED) is 0.415. The zero-order valence-corrected chi connectivity index (χ0v) is 14.9. The number of hydrogen-bond acceptors (Lipinski definition) is 1. The van der Waals surface area contributed by atoms with Gasteiger partial charge in [-0.1, -0.05) is 25.0 Å². The first kappa shape index (κ1) is 18.2. The Labute approximate surface area is 143 Å². The highest BCUT2D eigenvalue weighted by Gasteiger charge is 2.20. The number of benzene rings is 1. The van der Waals surface area contributed by atoms with Crippen LogP contribution in [0.15, 0.2) is 29.3 Å². The van der Waals surface area contributed by atoms with E-state index in [2.05, 4.69) is 22.5 Å². The van der Waals surface area contributed by atoms with E-state index in [4.69, 9.17) is 0 Å². The number of hydrogen-bond donors (Lipinski definition) is 2. The van der Waals surface area contributed by atoms with E-state index >= 15 is 0 Å². The molecule has 1 aromatic carbocycles. The van der Waals surface area contributed by atoms with Crippen LogP contribution in [0.1, 0.15) is 31.7 Å². The van der Waals surface area contributed by atoms with Gasteiger partial charge in [0, 0.05) is 19.6 Å². The van der Waals surface area contributed by atoms with E-state index in [1.807, 2.05) is 12.1 Å². The molecule has 1 aromatic rings. The Morgan fingerprint density at radius 3 is 2.57 bits per heavy atom. The first-order chi connectivity index (χ1) is 9.78. The highest BCUT2D eigenvalue weighted by atomic mass is 127. The Balaban J connectivity index is 0.00000220. The van der Waals surface area contributed by atoms with Gasteiger partial charge in [-0.15, -0.1) is 24.0 Å². The Morgan fingerprint density at radius 1 is 1.24 bits per heavy atom. The minimum atomic E-state index is -0.184. The predicted molar refractivity (Wildman–Crippen MR) is 96.8 cm³/mol. The molecule has 5 heteroatoms. The summed E-state index contributed by atoms with van der Waals surface area (Å²) in [5, 5.41) is 6.57. The van der Waals surface area contributed by atoms with Gasteiger partial charge in [0.15, 0.2) is 5.96 Å². The second kappa shape index (κ2) is 9.97. The molecule has 0 atom stereocenters. The van der Waals surface area contributed by atoms with Crippen LogP contribution >= 0.6 is 24.0 Å². The molecule has 0 spiro atoms. The molecule has 0 aromatic heterocycles. The lowest BCUT2D eigenvalue weighted by molar-refractivity contribution is 0.626. The summed E-state index contributed by atoms with van der Waals surface area (Å²) in [6.07, 6.45) is 4.83. The lowest BCUT2D eigenvalue weighted by Gasteiger charge is -2.11. The summed E-state index contributed by atoms with van der Waals surface area (Å²) in [7, 11) is 0. The maximum Gasteiger partial charge on any atom is 0.191 e. The van der Waals surface area contributed by atoms with Crippen molar-refractivity contribution in [3.05, 3.63) is 35.6 Å². The van der Waals surface area contributed by atoms with Crippen molar-refractivity contribution < 1.29 is 4.39 Å². The lowest BCUT2D eigenvalue weighted by Crippen LogP contribution is -2.38. The molecule has 0 bridgehead atoms. The molecule has 1 fully saturated rings. The molecule has 2 rings (SSSR count). The standard InChI is InChI=1S/C16H24FN3.HI/c1-2-18-16(19-11-9-13-3-4-13)20-12-10-14-5-7-15(17)8-6-14;/h5-8,13H,2-4,9-12H2,1H3,(H2,18,19,20);1H. The molecule has 0 saturated heterocycles. The maximum atomic E-state index is 12.8. The maximum absolute atomic E-state index is 12.8.